The molecule has 15 heavy (non-hydrogen) atoms. The van der Waals surface area contributed by atoms with Gasteiger partial charge in [0, 0.05) is 10.2 Å². The summed E-state index contributed by atoms with van der Waals surface area (Å²) in [6, 6.07) is 7.09. The van der Waals surface area contributed by atoms with Crippen LogP contribution in [0.3, 0.4) is 0 Å². The molecule has 1 N–H and O–H groups in total. The Hall–Kier alpha value is -1.33. The van der Waals surface area contributed by atoms with Crippen molar-refractivity contribution in [3.63, 3.8) is 0 Å². The molecule has 4 nitrogen and oxygen atoms in total. The molecule has 0 amide bonds. The predicted octanol–water partition coefficient (Wildman–Crippen LogP) is 1.94. The van der Waals surface area contributed by atoms with Crippen molar-refractivity contribution in [2.75, 3.05) is 0 Å². The molecule has 0 aliphatic rings. The lowest BCUT2D eigenvalue weighted by Gasteiger charge is -2.03. The van der Waals surface area contributed by atoms with Gasteiger partial charge in [-0.3, -0.25) is 5.10 Å². The van der Waals surface area contributed by atoms with Crippen LogP contribution in [0.15, 0.2) is 29.4 Å². The SMILES string of the molecule is [S-]c1n[nH]c(COc2ccc(Cl)cc2)n1. The zero-order valence-corrected chi connectivity index (χ0v) is 9.18. The van der Waals surface area contributed by atoms with Gasteiger partial charge in [0.2, 0.25) is 0 Å². The third kappa shape index (κ3) is 2.81. The molecule has 1 aromatic carbocycles. The summed E-state index contributed by atoms with van der Waals surface area (Å²) in [4.78, 5) is 3.94. The second kappa shape index (κ2) is 4.46. The Morgan fingerprint density at radius 2 is 2.07 bits per heavy atom. The normalized spacial score (nSPS) is 10.2. The summed E-state index contributed by atoms with van der Waals surface area (Å²) in [5, 5.41) is 7.36. The van der Waals surface area contributed by atoms with Crippen LogP contribution in [0.1, 0.15) is 5.82 Å². The van der Waals surface area contributed by atoms with E-state index in [1.807, 2.05) is 0 Å². The van der Waals surface area contributed by atoms with Crippen LogP contribution in [-0.4, -0.2) is 15.2 Å². The minimum atomic E-state index is 0.296. The highest BCUT2D eigenvalue weighted by Crippen LogP contribution is 2.16. The molecule has 0 radical (unpaired) electrons. The first-order chi connectivity index (χ1) is 7.24. The molecule has 6 heteroatoms. The Bertz CT molecular complexity index is 443. The molecule has 78 valence electrons. The van der Waals surface area contributed by atoms with Gasteiger partial charge in [0.25, 0.3) is 0 Å². The first-order valence-corrected chi connectivity index (χ1v) is 4.99. The van der Waals surface area contributed by atoms with Gasteiger partial charge in [0.05, 0.1) is 0 Å². The Labute approximate surface area is 97.0 Å². The number of aromatic amines is 1. The zero-order chi connectivity index (χ0) is 10.7. The zero-order valence-electron chi connectivity index (χ0n) is 7.61. The molecule has 1 heterocycles. The number of benzene rings is 1. The van der Waals surface area contributed by atoms with E-state index >= 15 is 0 Å². The van der Waals surface area contributed by atoms with Crippen LogP contribution in [0.25, 0.3) is 0 Å². The number of ether oxygens (including phenoxy) is 1. The van der Waals surface area contributed by atoms with Crippen molar-refractivity contribution in [3.8, 4) is 5.75 Å². The summed E-state index contributed by atoms with van der Waals surface area (Å²) in [7, 11) is 0. The van der Waals surface area contributed by atoms with Gasteiger partial charge < -0.3 is 17.4 Å². The second-order valence-electron chi connectivity index (χ2n) is 2.81. The van der Waals surface area contributed by atoms with Gasteiger partial charge in [0.15, 0.2) is 5.82 Å². The maximum Gasteiger partial charge on any atom is 0.160 e. The molecule has 1 aromatic heterocycles. The lowest BCUT2D eigenvalue weighted by Crippen LogP contribution is -1.97. The number of hydrogen-bond acceptors (Lipinski definition) is 4. The van der Waals surface area contributed by atoms with Crippen molar-refractivity contribution in [3.05, 3.63) is 35.1 Å². The minimum Gasteiger partial charge on any atom is -0.738 e. The summed E-state index contributed by atoms with van der Waals surface area (Å²) in [6.45, 7) is 0.311. The Balaban J connectivity index is 1.96. The smallest absolute Gasteiger partial charge is 0.160 e. The minimum absolute atomic E-state index is 0.296. The van der Waals surface area contributed by atoms with Gasteiger partial charge in [-0.15, -0.1) is 0 Å². The summed E-state index contributed by atoms with van der Waals surface area (Å²) >= 11 is 10.5. The highest BCUT2D eigenvalue weighted by Gasteiger charge is 1.98. The van der Waals surface area contributed by atoms with E-state index in [4.69, 9.17) is 29.0 Å². The molecule has 2 rings (SSSR count). The number of rotatable bonds is 3. The van der Waals surface area contributed by atoms with Crippen LogP contribution in [0.4, 0.5) is 0 Å². The standard InChI is InChI=1S/C9H8ClN3OS/c10-6-1-3-7(4-2-6)14-5-8-11-9(15)13-12-8/h1-4H,5H2,(H2,11,12,13,15)/p-1. The van der Waals surface area contributed by atoms with Crippen LogP contribution < -0.4 is 4.74 Å². The van der Waals surface area contributed by atoms with E-state index in [2.05, 4.69) is 15.2 Å². The van der Waals surface area contributed by atoms with E-state index in [1.54, 1.807) is 24.3 Å². The quantitative estimate of drug-likeness (QED) is 0.834. The van der Waals surface area contributed by atoms with E-state index in [-0.39, 0.29) is 0 Å². The van der Waals surface area contributed by atoms with Crippen LogP contribution in [0.5, 0.6) is 5.75 Å². The maximum atomic E-state index is 5.73. The predicted molar refractivity (Wildman–Crippen MR) is 57.8 cm³/mol. The molecule has 2 aromatic rings. The first kappa shape index (κ1) is 10.2. The van der Waals surface area contributed by atoms with Crippen molar-refractivity contribution in [1.29, 1.82) is 0 Å². The molecule has 0 saturated carbocycles. The highest BCUT2D eigenvalue weighted by atomic mass is 35.5. The van der Waals surface area contributed by atoms with Crippen LogP contribution >= 0.6 is 11.6 Å². The van der Waals surface area contributed by atoms with Crippen molar-refractivity contribution >= 4 is 24.2 Å². The van der Waals surface area contributed by atoms with Gasteiger partial charge in [-0.1, -0.05) is 11.6 Å². The molecule has 0 spiro atoms. The third-order valence-electron chi connectivity index (χ3n) is 1.70. The van der Waals surface area contributed by atoms with Gasteiger partial charge in [-0.05, 0) is 24.3 Å². The molecule has 0 aliphatic heterocycles. The molecule has 0 fully saturated rings. The molecule has 0 saturated heterocycles. The monoisotopic (exact) mass is 240 g/mol. The summed E-state index contributed by atoms with van der Waals surface area (Å²) in [5.74, 6) is 1.33. The van der Waals surface area contributed by atoms with E-state index in [9.17, 15) is 0 Å². The number of nitrogens with zero attached hydrogens (tertiary/aromatic N) is 2. The topological polar surface area (TPSA) is 50.8 Å². The number of halogens is 1. The molecule has 0 aliphatic carbocycles. The highest BCUT2D eigenvalue weighted by molar-refractivity contribution is 7.58. The summed E-state index contributed by atoms with van der Waals surface area (Å²) < 4.78 is 5.42. The van der Waals surface area contributed by atoms with Crippen molar-refractivity contribution in [2.24, 2.45) is 0 Å². The van der Waals surface area contributed by atoms with E-state index in [0.29, 0.717) is 22.6 Å². The second-order valence-corrected chi connectivity index (χ2v) is 3.61. The molecular formula is C9H7ClN3OS-. The first-order valence-electron chi connectivity index (χ1n) is 4.21. The number of H-pyrrole nitrogens is 1. The van der Waals surface area contributed by atoms with Crippen LogP contribution in [0.2, 0.25) is 5.02 Å². The summed E-state index contributed by atoms with van der Waals surface area (Å²) in [5.41, 5.74) is 0. The van der Waals surface area contributed by atoms with Gasteiger partial charge in [-0.2, -0.15) is 5.10 Å². The molecular weight excluding hydrogens is 234 g/mol. The number of hydrogen-bond donors (Lipinski definition) is 1. The Morgan fingerprint density at radius 1 is 1.33 bits per heavy atom. The molecule has 0 atom stereocenters. The molecule has 0 unspecified atom stereocenters. The van der Waals surface area contributed by atoms with Crippen molar-refractivity contribution < 1.29 is 4.74 Å². The summed E-state index contributed by atoms with van der Waals surface area (Å²) in [6.07, 6.45) is 0. The van der Waals surface area contributed by atoms with E-state index < -0.39 is 0 Å². The average Bonchev–Trinajstić information content (AvgIpc) is 2.64. The lowest BCUT2D eigenvalue weighted by molar-refractivity contribution is 0.296. The fourth-order valence-electron chi connectivity index (χ4n) is 1.02. The van der Waals surface area contributed by atoms with E-state index in [0.717, 1.165) is 5.75 Å². The molecule has 0 bridgehead atoms. The average molecular weight is 241 g/mol. The van der Waals surface area contributed by atoms with E-state index in [1.165, 1.54) is 0 Å². The van der Waals surface area contributed by atoms with Gasteiger partial charge >= 0.3 is 0 Å². The largest absolute Gasteiger partial charge is 0.738 e. The maximum absolute atomic E-state index is 5.73. The Kier molecular flexibility index (Phi) is 3.03. The Morgan fingerprint density at radius 3 is 2.67 bits per heavy atom. The van der Waals surface area contributed by atoms with Gasteiger partial charge in [-0.25, -0.2) is 4.98 Å². The lowest BCUT2D eigenvalue weighted by atomic mass is 10.3. The number of nitrogens with one attached hydrogen (secondary N) is 1. The van der Waals surface area contributed by atoms with Crippen molar-refractivity contribution in [1.82, 2.24) is 15.2 Å². The van der Waals surface area contributed by atoms with Crippen LogP contribution in [-0.2, 0) is 19.2 Å². The van der Waals surface area contributed by atoms with Crippen molar-refractivity contribution in [2.45, 2.75) is 11.8 Å². The fraction of sp³-hybridized carbons (Fsp3) is 0.111. The van der Waals surface area contributed by atoms with Gasteiger partial charge in [0.1, 0.15) is 12.4 Å². The van der Waals surface area contributed by atoms with Crippen LogP contribution in [0, 0.1) is 0 Å². The third-order valence-corrected chi connectivity index (χ3v) is 2.13. The number of aromatic nitrogens is 3. The fourth-order valence-corrected chi connectivity index (χ4v) is 1.31.